The molecule has 72 valence electrons. The van der Waals surface area contributed by atoms with E-state index in [9.17, 15) is 0 Å². The maximum Gasteiger partial charge on any atom is 0.0622 e. The topological polar surface area (TPSA) is 21.3 Å². The first-order valence-electron chi connectivity index (χ1n) is 4.99. The van der Waals surface area contributed by atoms with Gasteiger partial charge in [0.05, 0.1) is 6.61 Å². The van der Waals surface area contributed by atoms with Crippen LogP contribution in [0.15, 0.2) is 0 Å². The van der Waals surface area contributed by atoms with Crippen LogP contribution in [-0.4, -0.2) is 26.3 Å². The summed E-state index contributed by atoms with van der Waals surface area (Å²) in [4.78, 5) is 0. The maximum atomic E-state index is 5.59. The Bertz CT molecular complexity index is 121. The van der Waals surface area contributed by atoms with Gasteiger partial charge in [0.15, 0.2) is 0 Å². The number of nitrogens with one attached hydrogen (secondary N) is 1. The SMILES string of the molecule is CNC(COCC(C)C)C1CC1. The lowest BCUT2D eigenvalue weighted by Crippen LogP contribution is -2.32. The summed E-state index contributed by atoms with van der Waals surface area (Å²) >= 11 is 0. The average Bonchev–Trinajstić information content (AvgIpc) is 2.80. The van der Waals surface area contributed by atoms with E-state index < -0.39 is 0 Å². The second-order valence-electron chi connectivity index (χ2n) is 4.16. The number of likely N-dealkylation sites (N-methyl/N-ethyl adjacent to an activating group) is 1. The van der Waals surface area contributed by atoms with Gasteiger partial charge in [0.2, 0.25) is 0 Å². The molecule has 0 radical (unpaired) electrons. The van der Waals surface area contributed by atoms with Gasteiger partial charge in [-0.3, -0.25) is 0 Å². The van der Waals surface area contributed by atoms with Crippen molar-refractivity contribution in [2.24, 2.45) is 11.8 Å². The van der Waals surface area contributed by atoms with Gasteiger partial charge in [-0.15, -0.1) is 0 Å². The van der Waals surface area contributed by atoms with Crippen molar-refractivity contribution in [2.45, 2.75) is 32.7 Å². The summed E-state index contributed by atoms with van der Waals surface area (Å²) in [7, 11) is 2.03. The molecule has 2 nitrogen and oxygen atoms in total. The van der Waals surface area contributed by atoms with Crippen LogP contribution < -0.4 is 5.32 Å². The largest absolute Gasteiger partial charge is 0.380 e. The minimum absolute atomic E-state index is 0.601. The van der Waals surface area contributed by atoms with Gasteiger partial charge in [0.1, 0.15) is 0 Å². The quantitative estimate of drug-likeness (QED) is 0.656. The molecule has 0 aliphatic heterocycles. The summed E-state index contributed by atoms with van der Waals surface area (Å²) in [5.74, 6) is 1.55. The van der Waals surface area contributed by atoms with E-state index in [0.717, 1.165) is 19.1 Å². The molecule has 0 amide bonds. The zero-order valence-electron chi connectivity index (χ0n) is 8.47. The Hall–Kier alpha value is -0.0800. The van der Waals surface area contributed by atoms with Crippen LogP contribution in [0.5, 0.6) is 0 Å². The lowest BCUT2D eigenvalue weighted by Gasteiger charge is -2.16. The maximum absolute atomic E-state index is 5.59. The van der Waals surface area contributed by atoms with Crippen molar-refractivity contribution >= 4 is 0 Å². The molecule has 12 heavy (non-hydrogen) atoms. The molecule has 1 fully saturated rings. The fourth-order valence-corrected chi connectivity index (χ4v) is 1.38. The molecule has 0 aromatic heterocycles. The van der Waals surface area contributed by atoms with E-state index in [1.54, 1.807) is 0 Å². The van der Waals surface area contributed by atoms with E-state index in [-0.39, 0.29) is 0 Å². The third-order valence-corrected chi connectivity index (χ3v) is 2.31. The van der Waals surface area contributed by atoms with Crippen LogP contribution in [0.2, 0.25) is 0 Å². The molecule has 0 aromatic rings. The highest BCUT2D eigenvalue weighted by Crippen LogP contribution is 2.32. The van der Waals surface area contributed by atoms with Crippen molar-refractivity contribution in [2.75, 3.05) is 20.3 Å². The molecule has 1 aliphatic carbocycles. The molecule has 1 saturated carbocycles. The van der Waals surface area contributed by atoms with E-state index in [0.29, 0.717) is 12.0 Å². The first-order valence-corrected chi connectivity index (χ1v) is 4.99. The van der Waals surface area contributed by atoms with Gasteiger partial charge in [-0.05, 0) is 31.7 Å². The Morgan fingerprint density at radius 1 is 1.33 bits per heavy atom. The molecular weight excluding hydrogens is 150 g/mol. The van der Waals surface area contributed by atoms with Crippen LogP contribution in [0.25, 0.3) is 0 Å². The van der Waals surface area contributed by atoms with E-state index in [4.69, 9.17) is 4.74 Å². The van der Waals surface area contributed by atoms with Crippen LogP contribution in [-0.2, 0) is 4.74 Å². The van der Waals surface area contributed by atoms with Gasteiger partial charge in [-0.25, -0.2) is 0 Å². The Morgan fingerprint density at radius 3 is 2.42 bits per heavy atom. The first-order chi connectivity index (χ1) is 5.74. The molecule has 1 rings (SSSR count). The second-order valence-corrected chi connectivity index (χ2v) is 4.16. The van der Waals surface area contributed by atoms with E-state index in [1.807, 2.05) is 7.05 Å². The predicted octanol–water partition coefficient (Wildman–Crippen LogP) is 1.66. The van der Waals surface area contributed by atoms with Crippen molar-refractivity contribution in [1.82, 2.24) is 5.32 Å². The Morgan fingerprint density at radius 2 is 2.00 bits per heavy atom. The van der Waals surface area contributed by atoms with Gasteiger partial charge >= 0.3 is 0 Å². The summed E-state index contributed by atoms with van der Waals surface area (Å²) in [5.41, 5.74) is 0. The highest BCUT2D eigenvalue weighted by Gasteiger charge is 2.29. The molecule has 1 atom stereocenters. The van der Waals surface area contributed by atoms with E-state index in [1.165, 1.54) is 12.8 Å². The highest BCUT2D eigenvalue weighted by atomic mass is 16.5. The summed E-state index contributed by atoms with van der Waals surface area (Å²) in [6, 6.07) is 0.601. The molecule has 1 unspecified atom stereocenters. The molecule has 0 aromatic carbocycles. The van der Waals surface area contributed by atoms with Crippen LogP contribution in [0.3, 0.4) is 0 Å². The molecule has 0 bridgehead atoms. The molecule has 1 N–H and O–H groups in total. The standard InChI is InChI=1S/C10H21NO/c1-8(2)6-12-7-10(11-3)9-4-5-9/h8-11H,4-7H2,1-3H3. The number of ether oxygens (including phenoxy) is 1. The fraction of sp³-hybridized carbons (Fsp3) is 1.00. The van der Waals surface area contributed by atoms with Gasteiger partial charge < -0.3 is 10.1 Å². The molecule has 0 spiro atoms. The van der Waals surface area contributed by atoms with Crippen LogP contribution >= 0.6 is 0 Å². The summed E-state index contributed by atoms with van der Waals surface area (Å²) in [5, 5.41) is 3.31. The summed E-state index contributed by atoms with van der Waals surface area (Å²) < 4.78 is 5.59. The third-order valence-electron chi connectivity index (χ3n) is 2.31. The highest BCUT2D eigenvalue weighted by molar-refractivity contribution is 4.85. The Kier molecular flexibility index (Phi) is 4.02. The molecular formula is C10H21NO. The third kappa shape index (κ3) is 3.55. The van der Waals surface area contributed by atoms with Crippen molar-refractivity contribution < 1.29 is 4.74 Å². The van der Waals surface area contributed by atoms with Crippen LogP contribution in [0, 0.1) is 11.8 Å². The smallest absolute Gasteiger partial charge is 0.0622 e. The van der Waals surface area contributed by atoms with E-state index >= 15 is 0 Å². The van der Waals surface area contributed by atoms with Crippen LogP contribution in [0.1, 0.15) is 26.7 Å². The fourth-order valence-electron chi connectivity index (χ4n) is 1.38. The predicted molar refractivity (Wildman–Crippen MR) is 51.2 cm³/mol. The normalized spacial score (nSPS) is 20.0. The summed E-state index contributed by atoms with van der Waals surface area (Å²) in [6.45, 7) is 6.15. The van der Waals surface area contributed by atoms with Crippen molar-refractivity contribution in [1.29, 1.82) is 0 Å². The number of rotatable bonds is 6. The monoisotopic (exact) mass is 171 g/mol. The van der Waals surface area contributed by atoms with Crippen molar-refractivity contribution in [3.8, 4) is 0 Å². The van der Waals surface area contributed by atoms with Gasteiger partial charge in [-0.1, -0.05) is 13.8 Å². The lowest BCUT2D eigenvalue weighted by molar-refractivity contribution is 0.0870. The summed E-state index contributed by atoms with van der Waals surface area (Å²) in [6.07, 6.45) is 2.77. The Labute approximate surface area is 75.7 Å². The molecule has 0 heterocycles. The number of hydrogen-bond donors (Lipinski definition) is 1. The minimum atomic E-state index is 0.601. The minimum Gasteiger partial charge on any atom is -0.380 e. The molecule has 0 saturated heterocycles. The van der Waals surface area contributed by atoms with Gasteiger partial charge in [0, 0.05) is 12.6 Å². The molecule has 1 aliphatic rings. The molecule has 2 heteroatoms. The lowest BCUT2D eigenvalue weighted by atomic mass is 10.2. The number of hydrogen-bond acceptors (Lipinski definition) is 2. The van der Waals surface area contributed by atoms with Crippen molar-refractivity contribution in [3.63, 3.8) is 0 Å². The average molecular weight is 171 g/mol. The zero-order chi connectivity index (χ0) is 8.97. The van der Waals surface area contributed by atoms with Crippen molar-refractivity contribution in [3.05, 3.63) is 0 Å². The first kappa shape index (κ1) is 10.0. The second kappa shape index (κ2) is 4.83. The Balaban J connectivity index is 2.02. The van der Waals surface area contributed by atoms with Crippen LogP contribution in [0.4, 0.5) is 0 Å². The van der Waals surface area contributed by atoms with Gasteiger partial charge in [-0.2, -0.15) is 0 Å². The van der Waals surface area contributed by atoms with Gasteiger partial charge in [0.25, 0.3) is 0 Å². The zero-order valence-corrected chi connectivity index (χ0v) is 8.47. The van der Waals surface area contributed by atoms with E-state index in [2.05, 4.69) is 19.2 Å².